The van der Waals surface area contributed by atoms with Crippen molar-refractivity contribution in [1.82, 2.24) is 9.55 Å². The molecule has 0 unspecified atom stereocenters. The van der Waals surface area contributed by atoms with Crippen LogP contribution >= 0.6 is 23.4 Å². The van der Waals surface area contributed by atoms with E-state index >= 15 is 0 Å². The van der Waals surface area contributed by atoms with E-state index in [1.54, 1.807) is 11.8 Å². The van der Waals surface area contributed by atoms with Gasteiger partial charge in [-0.3, -0.25) is 0 Å². The second kappa shape index (κ2) is 4.11. The summed E-state index contributed by atoms with van der Waals surface area (Å²) in [6.07, 6.45) is 1.50. The zero-order chi connectivity index (χ0) is 10.8. The minimum absolute atomic E-state index is 0.0853. The summed E-state index contributed by atoms with van der Waals surface area (Å²) in [5, 5.41) is 8.54. The number of imidazole rings is 1. The Hall–Kier alpha value is -1.21. The lowest BCUT2D eigenvalue weighted by Gasteiger charge is -1.96. The van der Waals surface area contributed by atoms with E-state index in [-0.39, 0.29) is 5.96 Å². The van der Waals surface area contributed by atoms with Crippen LogP contribution in [-0.2, 0) is 6.54 Å². The zero-order valence-electron chi connectivity index (χ0n) is 7.72. The molecule has 1 aromatic rings. The van der Waals surface area contributed by atoms with Crippen molar-refractivity contribution in [3.8, 4) is 0 Å². The first kappa shape index (κ1) is 10.3. The van der Waals surface area contributed by atoms with Crippen LogP contribution in [0.4, 0.5) is 0 Å². The highest BCUT2D eigenvalue weighted by molar-refractivity contribution is 7.99. The first-order valence-electron chi connectivity index (χ1n) is 4.19. The molecule has 0 aliphatic carbocycles. The number of hydrogen-bond acceptors (Lipinski definition) is 4. The number of nitrogens with two attached hydrogens (primary N) is 2. The molecule has 0 radical (unpaired) electrons. The van der Waals surface area contributed by atoms with Crippen molar-refractivity contribution >= 4 is 35.5 Å². The number of guanidine groups is 1. The van der Waals surface area contributed by atoms with Gasteiger partial charge in [0.2, 0.25) is 5.96 Å². The van der Waals surface area contributed by atoms with E-state index in [4.69, 9.17) is 23.1 Å². The third-order valence-corrected chi connectivity index (χ3v) is 3.06. The Labute approximate surface area is 95.4 Å². The number of aromatic nitrogens is 2. The van der Waals surface area contributed by atoms with Crippen LogP contribution in [-0.4, -0.2) is 27.5 Å². The average molecular weight is 245 g/mol. The van der Waals surface area contributed by atoms with Crippen molar-refractivity contribution in [2.45, 2.75) is 11.7 Å². The molecular weight excluding hydrogens is 236 g/mol. The van der Waals surface area contributed by atoms with Crippen LogP contribution in [0.3, 0.4) is 0 Å². The highest BCUT2D eigenvalue weighted by Crippen LogP contribution is 2.29. The summed E-state index contributed by atoms with van der Waals surface area (Å²) in [7, 11) is 0. The average Bonchev–Trinajstić information content (AvgIpc) is 2.68. The van der Waals surface area contributed by atoms with Gasteiger partial charge < -0.3 is 16.0 Å². The standard InChI is InChI=1S/C7H9ClN6S/c8-5-4(3-11-13-6(9)10)14-1-2-15-7(14)12-5/h3H,1-2H2,(H4,9,10,13)/b11-3+. The second-order valence-electron chi connectivity index (χ2n) is 2.84. The van der Waals surface area contributed by atoms with Crippen LogP contribution in [0.2, 0.25) is 5.15 Å². The van der Waals surface area contributed by atoms with Gasteiger partial charge in [-0.25, -0.2) is 4.98 Å². The number of thioether (sulfide) groups is 1. The van der Waals surface area contributed by atoms with Crippen LogP contribution in [0.5, 0.6) is 0 Å². The number of halogens is 1. The highest BCUT2D eigenvalue weighted by atomic mass is 35.5. The third-order valence-electron chi connectivity index (χ3n) is 1.83. The molecule has 0 amide bonds. The Morgan fingerprint density at radius 3 is 3.13 bits per heavy atom. The van der Waals surface area contributed by atoms with Gasteiger partial charge in [-0.15, -0.1) is 5.10 Å². The molecule has 1 aliphatic rings. The fraction of sp³-hybridized carbons (Fsp3) is 0.286. The summed E-state index contributed by atoms with van der Waals surface area (Å²) in [5.41, 5.74) is 11.0. The van der Waals surface area contributed by atoms with Crippen LogP contribution in [0.15, 0.2) is 15.4 Å². The molecule has 0 aromatic carbocycles. The van der Waals surface area contributed by atoms with Crippen molar-refractivity contribution in [1.29, 1.82) is 0 Å². The molecule has 15 heavy (non-hydrogen) atoms. The Bertz CT molecular complexity index is 433. The quantitative estimate of drug-likeness (QED) is 0.443. The molecule has 80 valence electrons. The monoisotopic (exact) mass is 244 g/mol. The second-order valence-corrected chi connectivity index (χ2v) is 4.26. The predicted octanol–water partition coefficient (Wildman–Crippen LogP) is 0.250. The molecule has 0 saturated heterocycles. The molecule has 0 saturated carbocycles. The fourth-order valence-electron chi connectivity index (χ4n) is 1.24. The summed E-state index contributed by atoms with van der Waals surface area (Å²) in [5.74, 6) is 0.917. The van der Waals surface area contributed by atoms with Crippen LogP contribution < -0.4 is 11.5 Å². The first-order valence-corrected chi connectivity index (χ1v) is 5.55. The van der Waals surface area contributed by atoms with Crippen molar-refractivity contribution in [2.75, 3.05) is 5.75 Å². The molecule has 2 heterocycles. The Balaban J connectivity index is 2.28. The smallest absolute Gasteiger partial charge is 0.211 e. The number of rotatable bonds is 2. The Morgan fingerprint density at radius 2 is 2.40 bits per heavy atom. The van der Waals surface area contributed by atoms with Gasteiger partial charge in [-0.2, -0.15) is 5.10 Å². The fourth-order valence-corrected chi connectivity index (χ4v) is 2.48. The van der Waals surface area contributed by atoms with E-state index in [0.717, 1.165) is 23.1 Å². The minimum atomic E-state index is -0.0853. The zero-order valence-corrected chi connectivity index (χ0v) is 9.29. The number of hydrogen-bond donors (Lipinski definition) is 2. The van der Waals surface area contributed by atoms with Crippen LogP contribution in [0, 0.1) is 0 Å². The first-order chi connectivity index (χ1) is 7.18. The largest absolute Gasteiger partial charge is 0.369 e. The van der Waals surface area contributed by atoms with Gasteiger partial charge in [-0.1, -0.05) is 23.4 Å². The minimum Gasteiger partial charge on any atom is -0.369 e. The number of nitrogens with zero attached hydrogens (tertiary/aromatic N) is 4. The van der Waals surface area contributed by atoms with E-state index in [1.807, 2.05) is 4.57 Å². The molecule has 2 rings (SSSR count). The maximum atomic E-state index is 5.93. The van der Waals surface area contributed by atoms with E-state index in [2.05, 4.69) is 15.2 Å². The van der Waals surface area contributed by atoms with Gasteiger partial charge in [0.1, 0.15) is 5.69 Å². The molecule has 6 nitrogen and oxygen atoms in total. The lowest BCUT2D eigenvalue weighted by molar-refractivity contribution is 0.715. The molecule has 4 N–H and O–H groups in total. The molecule has 1 aromatic heterocycles. The van der Waals surface area contributed by atoms with E-state index in [0.29, 0.717) is 5.15 Å². The van der Waals surface area contributed by atoms with Crippen LogP contribution in [0.1, 0.15) is 5.69 Å². The van der Waals surface area contributed by atoms with E-state index < -0.39 is 0 Å². The van der Waals surface area contributed by atoms with Crippen molar-refractivity contribution in [3.63, 3.8) is 0 Å². The lowest BCUT2D eigenvalue weighted by Crippen LogP contribution is -2.21. The lowest BCUT2D eigenvalue weighted by atomic mass is 10.5. The van der Waals surface area contributed by atoms with Gasteiger partial charge in [0.15, 0.2) is 10.3 Å². The Morgan fingerprint density at radius 1 is 1.60 bits per heavy atom. The maximum Gasteiger partial charge on any atom is 0.211 e. The van der Waals surface area contributed by atoms with Gasteiger partial charge >= 0.3 is 0 Å². The molecular formula is C7H9ClN6S. The van der Waals surface area contributed by atoms with Gasteiger partial charge in [0.25, 0.3) is 0 Å². The van der Waals surface area contributed by atoms with E-state index in [1.165, 1.54) is 6.21 Å². The van der Waals surface area contributed by atoms with Crippen molar-refractivity contribution in [2.24, 2.45) is 21.7 Å². The van der Waals surface area contributed by atoms with Crippen LogP contribution in [0.25, 0.3) is 0 Å². The summed E-state index contributed by atoms with van der Waals surface area (Å²) in [6, 6.07) is 0. The van der Waals surface area contributed by atoms with Gasteiger partial charge in [0.05, 0.1) is 6.21 Å². The summed E-state index contributed by atoms with van der Waals surface area (Å²) < 4.78 is 1.98. The molecule has 0 atom stereocenters. The van der Waals surface area contributed by atoms with Gasteiger partial charge in [0, 0.05) is 12.3 Å². The van der Waals surface area contributed by atoms with Crippen molar-refractivity contribution in [3.05, 3.63) is 10.8 Å². The topological polar surface area (TPSA) is 94.6 Å². The number of fused-ring (bicyclic) bond motifs is 1. The molecule has 0 fully saturated rings. The third kappa shape index (κ3) is 2.07. The normalized spacial score (nSPS) is 14.5. The Kier molecular flexibility index (Phi) is 2.83. The highest BCUT2D eigenvalue weighted by Gasteiger charge is 2.19. The van der Waals surface area contributed by atoms with E-state index in [9.17, 15) is 0 Å². The molecule has 0 bridgehead atoms. The van der Waals surface area contributed by atoms with Crippen molar-refractivity contribution < 1.29 is 0 Å². The summed E-state index contributed by atoms with van der Waals surface area (Å²) in [6.45, 7) is 0.878. The summed E-state index contributed by atoms with van der Waals surface area (Å²) >= 11 is 7.59. The maximum absolute atomic E-state index is 5.93. The molecule has 0 spiro atoms. The predicted molar refractivity (Wildman–Crippen MR) is 61.4 cm³/mol. The molecule has 8 heteroatoms. The summed E-state index contributed by atoms with van der Waals surface area (Å²) in [4.78, 5) is 4.18. The van der Waals surface area contributed by atoms with Gasteiger partial charge in [-0.05, 0) is 0 Å². The SMILES string of the molecule is NC(N)=N/N=C/c1c(Cl)nc2n1CCS2. The molecule has 1 aliphatic heterocycles.